The third-order valence-corrected chi connectivity index (χ3v) is 8.69. The molecule has 1 saturated carbocycles. The van der Waals surface area contributed by atoms with Crippen LogP contribution in [0.1, 0.15) is 30.2 Å². The van der Waals surface area contributed by atoms with E-state index < -0.39 is 30.4 Å². The number of aliphatic hydroxyl groups is 2. The van der Waals surface area contributed by atoms with E-state index in [-0.39, 0.29) is 6.04 Å². The normalized spacial score (nSPS) is 22.0. The van der Waals surface area contributed by atoms with Crippen molar-refractivity contribution in [2.24, 2.45) is 0 Å². The van der Waals surface area contributed by atoms with Crippen molar-refractivity contribution in [2.45, 2.75) is 56.4 Å². The molecule has 11 nitrogen and oxygen atoms in total. The third-order valence-electron chi connectivity index (χ3n) is 7.95. The zero-order valence-electron chi connectivity index (χ0n) is 22.9. The average molecular weight is 623 g/mol. The van der Waals surface area contributed by atoms with Gasteiger partial charge in [0.05, 0.1) is 16.4 Å². The number of amides is 1. The van der Waals surface area contributed by atoms with Crippen LogP contribution >= 0.6 is 23.2 Å². The van der Waals surface area contributed by atoms with E-state index in [1.54, 1.807) is 0 Å². The third kappa shape index (κ3) is 5.43. The standard InChI is InChI=1S/C30H29Cl2N7O4/c31-20-8-5-16(11-21(20)32)12-38-13-17(19-3-1-2-4-22(19)38)9-10-33-27-23-28(35-14-34-27)39(15-36-23)30-25(41)24(40)26(43-30)29(42)37-18-6-7-18/h1-5,8,11,13-15,18,24-26,30,40-41H,6-7,9-10,12H2,(H,37,42)(H,33,34,35). The molecule has 1 aliphatic carbocycles. The summed E-state index contributed by atoms with van der Waals surface area (Å²) in [7, 11) is 0. The number of aliphatic hydroxyl groups excluding tert-OH is 2. The minimum atomic E-state index is -1.38. The Labute approximate surface area is 256 Å². The van der Waals surface area contributed by atoms with Gasteiger partial charge in [0, 0.05) is 36.2 Å². The monoisotopic (exact) mass is 621 g/mol. The molecule has 4 atom stereocenters. The number of anilines is 1. The zero-order chi connectivity index (χ0) is 29.7. The number of nitrogens with one attached hydrogen (secondary N) is 2. The van der Waals surface area contributed by atoms with Gasteiger partial charge in [-0.15, -0.1) is 0 Å². The van der Waals surface area contributed by atoms with Gasteiger partial charge in [-0.25, -0.2) is 15.0 Å². The van der Waals surface area contributed by atoms with E-state index in [2.05, 4.69) is 48.5 Å². The van der Waals surface area contributed by atoms with Gasteiger partial charge in [-0.05, 0) is 48.6 Å². The molecule has 0 bridgehead atoms. The molecule has 43 heavy (non-hydrogen) atoms. The Kier molecular flexibility index (Phi) is 7.44. The van der Waals surface area contributed by atoms with Crippen molar-refractivity contribution in [2.75, 3.05) is 11.9 Å². The molecule has 2 fully saturated rings. The first kappa shape index (κ1) is 28.1. The van der Waals surface area contributed by atoms with Crippen LogP contribution in [-0.2, 0) is 22.5 Å². The molecular formula is C30H29Cl2N7O4. The Balaban J connectivity index is 1.07. The Hall–Kier alpha value is -3.74. The lowest BCUT2D eigenvalue weighted by Crippen LogP contribution is -2.43. The number of rotatable bonds is 9. The van der Waals surface area contributed by atoms with Crippen LogP contribution in [0.2, 0.25) is 10.0 Å². The minimum absolute atomic E-state index is 0.106. The maximum atomic E-state index is 12.5. The molecule has 3 aromatic heterocycles. The molecule has 0 radical (unpaired) electrons. The van der Waals surface area contributed by atoms with Gasteiger partial charge in [0.2, 0.25) is 0 Å². The van der Waals surface area contributed by atoms with Gasteiger partial charge < -0.3 is 30.2 Å². The van der Waals surface area contributed by atoms with Crippen LogP contribution in [0.25, 0.3) is 22.1 Å². The van der Waals surface area contributed by atoms with E-state index in [0.717, 1.165) is 35.7 Å². The van der Waals surface area contributed by atoms with Gasteiger partial charge in [-0.2, -0.15) is 0 Å². The first-order valence-corrected chi connectivity index (χ1v) is 14.9. The number of imidazole rings is 1. The topological polar surface area (TPSA) is 139 Å². The summed E-state index contributed by atoms with van der Waals surface area (Å²) >= 11 is 12.4. The Morgan fingerprint density at radius 2 is 1.88 bits per heavy atom. The number of carbonyl (C=O) groups excluding carboxylic acids is 1. The Morgan fingerprint density at radius 3 is 2.70 bits per heavy atom. The first-order valence-electron chi connectivity index (χ1n) is 14.1. The second kappa shape index (κ2) is 11.4. The minimum Gasteiger partial charge on any atom is -0.387 e. The number of ether oxygens (including phenoxy) is 1. The second-order valence-electron chi connectivity index (χ2n) is 11.0. The van der Waals surface area contributed by atoms with Gasteiger partial charge in [0.1, 0.15) is 18.5 Å². The molecule has 1 aliphatic heterocycles. The van der Waals surface area contributed by atoms with Gasteiger partial charge in [0.15, 0.2) is 29.3 Å². The molecule has 1 saturated heterocycles. The van der Waals surface area contributed by atoms with Crippen LogP contribution in [0.4, 0.5) is 5.82 Å². The molecular weight excluding hydrogens is 593 g/mol. The number of nitrogens with zero attached hydrogens (tertiary/aromatic N) is 5. The lowest BCUT2D eigenvalue weighted by molar-refractivity contribution is -0.137. The van der Waals surface area contributed by atoms with E-state index in [4.69, 9.17) is 27.9 Å². The number of hydrogen-bond acceptors (Lipinski definition) is 8. The highest BCUT2D eigenvalue weighted by atomic mass is 35.5. The summed E-state index contributed by atoms with van der Waals surface area (Å²) in [6.07, 6.45) is 2.63. The van der Waals surface area contributed by atoms with E-state index in [0.29, 0.717) is 40.1 Å². The van der Waals surface area contributed by atoms with Crippen LogP contribution < -0.4 is 10.6 Å². The zero-order valence-corrected chi connectivity index (χ0v) is 24.4. The molecule has 13 heteroatoms. The summed E-state index contributed by atoms with van der Waals surface area (Å²) in [6, 6.07) is 14.0. The van der Waals surface area contributed by atoms with Gasteiger partial charge in [-0.3, -0.25) is 9.36 Å². The number of fused-ring (bicyclic) bond motifs is 2. The summed E-state index contributed by atoms with van der Waals surface area (Å²) in [6.45, 7) is 1.23. The van der Waals surface area contributed by atoms with Gasteiger partial charge in [0.25, 0.3) is 5.91 Å². The fourth-order valence-electron chi connectivity index (χ4n) is 5.59. The molecule has 4 heterocycles. The van der Waals surface area contributed by atoms with Crippen molar-refractivity contribution in [3.05, 3.63) is 82.5 Å². The van der Waals surface area contributed by atoms with E-state index in [1.165, 1.54) is 22.8 Å². The molecule has 7 rings (SSSR count). The van der Waals surface area contributed by atoms with Gasteiger partial charge in [-0.1, -0.05) is 47.5 Å². The number of benzene rings is 2. The van der Waals surface area contributed by atoms with Crippen molar-refractivity contribution in [3.63, 3.8) is 0 Å². The molecule has 5 aromatic rings. The number of halogens is 2. The molecule has 4 N–H and O–H groups in total. The van der Waals surface area contributed by atoms with Crippen LogP contribution in [0.15, 0.2) is 61.3 Å². The lowest BCUT2D eigenvalue weighted by Gasteiger charge is -2.16. The SMILES string of the molecule is O=C(NC1CC1)C1OC(n2cnc3c(NCCc4cn(Cc5ccc(Cl)c(Cl)c5)c5ccccc45)ncnc32)C(O)C1O. The van der Waals surface area contributed by atoms with E-state index >= 15 is 0 Å². The Morgan fingerprint density at radius 1 is 1.05 bits per heavy atom. The maximum Gasteiger partial charge on any atom is 0.252 e. The number of hydrogen-bond donors (Lipinski definition) is 4. The van der Waals surface area contributed by atoms with Crippen LogP contribution in [0, 0.1) is 0 Å². The summed E-state index contributed by atoms with van der Waals surface area (Å²) in [5.41, 5.74) is 4.24. The van der Waals surface area contributed by atoms with Crippen LogP contribution in [-0.4, -0.2) is 71.1 Å². The van der Waals surface area contributed by atoms with Gasteiger partial charge >= 0.3 is 0 Å². The van der Waals surface area contributed by atoms with E-state index in [9.17, 15) is 15.0 Å². The number of carbonyl (C=O) groups is 1. The summed E-state index contributed by atoms with van der Waals surface area (Å²) in [5, 5.41) is 29.7. The highest BCUT2D eigenvalue weighted by Gasteiger charge is 2.48. The average Bonchev–Trinajstić information content (AvgIpc) is 3.49. The number of aromatic nitrogens is 5. The molecule has 1 amide bonds. The molecule has 2 aliphatic rings. The summed E-state index contributed by atoms with van der Waals surface area (Å²) < 4.78 is 9.55. The predicted octanol–water partition coefficient (Wildman–Crippen LogP) is 3.69. The quantitative estimate of drug-likeness (QED) is 0.195. The fraction of sp³-hybridized carbons (Fsp3) is 0.333. The fourth-order valence-corrected chi connectivity index (χ4v) is 5.91. The van der Waals surface area contributed by atoms with Crippen LogP contribution in [0.3, 0.4) is 0 Å². The van der Waals surface area contributed by atoms with Crippen molar-refractivity contribution < 1.29 is 19.7 Å². The van der Waals surface area contributed by atoms with Crippen molar-refractivity contribution >= 4 is 57.0 Å². The van der Waals surface area contributed by atoms with Crippen molar-refractivity contribution in [1.82, 2.24) is 29.4 Å². The molecule has 222 valence electrons. The smallest absolute Gasteiger partial charge is 0.252 e. The van der Waals surface area contributed by atoms with Crippen LogP contribution in [0.5, 0.6) is 0 Å². The largest absolute Gasteiger partial charge is 0.387 e. The lowest BCUT2D eigenvalue weighted by atomic mass is 10.1. The maximum absolute atomic E-state index is 12.5. The van der Waals surface area contributed by atoms with E-state index in [1.807, 2.05) is 30.3 Å². The molecule has 2 aromatic carbocycles. The molecule has 4 unspecified atom stereocenters. The highest BCUT2D eigenvalue weighted by molar-refractivity contribution is 6.42. The van der Waals surface area contributed by atoms with Crippen molar-refractivity contribution in [3.8, 4) is 0 Å². The summed E-state index contributed by atoms with van der Waals surface area (Å²) in [5.74, 6) is 0.0932. The Bertz CT molecular complexity index is 1820. The first-order chi connectivity index (χ1) is 20.9. The summed E-state index contributed by atoms with van der Waals surface area (Å²) in [4.78, 5) is 25.8. The predicted molar refractivity (Wildman–Crippen MR) is 162 cm³/mol. The molecule has 0 spiro atoms. The number of para-hydroxylation sites is 1. The highest BCUT2D eigenvalue weighted by Crippen LogP contribution is 2.33. The second-order valence-corrected chi connectivity index (χ2v) is 11.8. The van der Waals surface area contributed by atoms with Crippen molar-refractivity contribution in [1.29, 1.82) is 0 Å².